The van der Waals surface area contributed by atoms with Crippen molar-refractivity contribution in [2.24, 2.45) is 5.73 Å². The fourth-order valence-electron chi connectivity index (χ4n) is 1.97. The maximum absolute atomic E-state index is 5.52. The Morgan fingerprint density at radius 3 is 2.72 bits per heavy atom. The maximum atomic E-state index is 5.52. The van der Waals surface area contributed by atoms with E-state index in [1.165, 1.54) is 11.1 Å². The van der Waals surface area contributed by atoms with E-state index in [0.29, 0.717) is 12.5 Å². The van der Waals surface area contributed by atoms with Crippen molar-refractivity contribution in [1.29, 1.82) is 0 Å². The number of hydrogen-bond acceptors (Lipinski definition) is 3. The first-order chi connectivity index (χ1) is 8.61. The third kappa shape index (κ3) is 2.62. The molecule has 2 N–H and O–H groups in total. The molecule has 1 aromatic heterocycles. The Morgan fingerprint density at radius 2 is 2.06 bits per heavy atom. The van der Waals surface area contributed by atoms with Crippen LogP contribution in [0.3, 0.4) is 0 Å². The summed E-state index contributed by atoms with van der Waals surface area (Å²) in [5, 5.41) is 4.04. The Hall–Kier alpha value is -1.61. The molecule has 2 rings (SSSR count). The largest absolute Gasteiger partial charge is 0.356 e. The second-order valence-electron chi connectivity index (χ2n) is 4.95. The molecule has 0 saturated heterocycles. The molecule has 0 spiro atoms. The Balaban J connectivity index is 2.38. The Morgan fingerprint density at radius 1 is 1.28 bits per heavy atom. The first-order valence-corrected chi connectivity index (χ1v) is 6.38. The van der Waals surface area contributed by atoms with E-state index < -0.39 is 0 Å². The average Bonchev–Trinajstić information content (AvgIpc) is 2.78. The van der Waals surface area contributed by atoms with Gasteiger partial charge in [0.15, 0.2) is 5.76 Å². The summed E-state index contributed by atoms with van der Waals surface area (Å²) in [6.07, 6.45) is 0.756. The van der Waals surface area contributed by atoms with Gasteiger partial charge < -0.3 is 10.3 Å². The van der Waals surface area contributed by atoms with E-state index in [-0.39, 0.29) is 0 Å². The van der Waals surface area contributed by atoms with E-state index in [1.807, 2.05) is 6.07 Å². The van der Waals surface area contributed by atoms with Crippen LogP contribution >= 0.6 is 0 Å². The van der Waals surface area contributed by atoms with Gasteiger partial charge in [0.1, 0.15) is 0 Å². The van der Waals surface area contributed by atoms with Crippen molar-refractivity contribution in [1.82, 2.24) is 5.16 Å². The van der Waals surface area contributed by atoms with Gasteiger partial charge in [-0.15, -0.1) is 0 Å². The van der Waals surface area contributed by atoms with Gasteiger partial charge in [-0.25, -0.2) is 0 Å². The second-order valence-corrected chi connectivity index (χ2v) is 4.95. The lowest BCUT2D eigenvalue weighted by atomic mass is 9.96. The number of rotatable bonds is 4. The number of benzene rings is 1. The monoisotopic (exact) mass is 244 g/mol. The van der Waals surface area contributed by atoms with Gasteiger partial charge in [-0.1, -0.05) is 31.1 Å². The first-order valence-electron chi connectivity index (χ1n) is 6.38. The molecule has 96 valence electrons. The summed E-state index contributed by atoms with van der Waals surface area (Å²) in [6.45, 7) is 7.06. The summed E-state index contributed by atoms with van der Waals surface area (Å²) in [5.74, 6) is 1.34. The van der Waals surface area contributed by atoms with Crippen LogP contribution in [0.1, 0.15) is 36.6 Å². The van der Waals surface area contributed by atoms with Crippen molar-refractivity contribution in [3.63, 3.8) is 0 Å². The molecule has 0 aliphatic rings. The Labute approximate surface area is 108 Å². The van der Waals surface area contributed by atoms with Crippen molar-refractivity contribution in [2.45, 2.75) is 33.1 Å². The number of nitrogens with zero attached hydrogens (tertiary/aromatic N) is 1. The van der Waals surface area contributed by atoms with Gasteiger partial charge in [-0.2, -0.15) is 0 Å². The highest BCUT2D eigenvalue weighted by Crippen LogP contribution is 2.28. The average molecular weight is 244 g/mol. The predicted molar refractivity (Wildman–Crippen MR) is 73.5 cm³/mol. The van der Waals surface area contributed by atoms with Gasteiger partial charge in [0.25, 0.3) is 0 Å². The van der Waals surface area contributed by atoms with Gasteiger partial charge in [0.05, 0.1) is 5.69 Å². The molecule has 2 aromatic rings. The molecule has 1 aromatic carbocycles. The lowest BCUT2D eigenvalue weighted by Gasteiger charge is -2.08. The molecule has 3 nitrogen and oxygen atoms in total. The minimum atomic E-state index is 0.510. The molecule has 0 fully saturated rings. The highest BCUT2D eigenvalue weighted by atomic mass is 16.5. The number of nitrogens with two attached hydrogens (primary N) is 1. The molecule has 0 aliphatic heterocycles. The summed E-state index contributed by atoms with van der Waals surface area (Å²) in [6, 6.07) is 8.47. The summed E-state index contributed by atoms with van der Waals surface area (Å²) >= 11 is 0. The molecule has 0 atom stereocenters. The summed E-state index contributed by atoms with van der Waals surface area (Å²) in [5.41, 5.74) is 10.1. The SMILES string of the molecule is Cc1ccc(C(C)C)cc1-c1cc(CCN)no1. The van der Waals surface area contributed by atoms with Gasteiger partial charge in [-0.05, 0) is 36.6 Å². The van der Waals surface area contributed by atoms with Crippen LogP contribution in [0.5, 0.6) is 0 Å². The van der Waals surface area contributed by atoms with Crippen LogP contribution in [0.25, 0.3) is 11.3 Å². The zero-order valence-electron chi connectivity index (χ0n) is 11.2. The van der Waals surface area contributed by atoms with Crippen LogP contribution in [-0.4, -0.2) is 11.7 Å². The van der Waals surface area contributed by atoms with Crippen molar-refractivity contribution in [2.75, 3.05) is 6.54 Å². The fourth-order valence-corrected chi connectivity index (χ4v) is 1.97. The van der Waals surface area contributed by atoms with Gasteiger partial charge in [0.2, 0.25) is 0 Å². The minimum Gasteiger partial charge on any atom is -0.356 e. The number of aromatic nitrogens is 1. The smallest absolute Gasteiger partial charge is 0.167 e. The van der Waals surface area contributed by atoms with Crippen molar-refractivity contribution < 1.29 is 4.52 Å². The Kier molecular flexibility index (Phi) is 3.82. The summed E-state index contributed by atoms with van der Waals surface area (Å²) in [4.78, 5) is 0. The maximum Gasteiger partial charge on any atom is 0.167 e. The third-order valence-corrected chi connectivity index (χ3v) is 3.15. The van der Waals surface area contributed by atoms with Crippen LogP contribution in [0.15, 0.2) is 28.8 Å². The molecule has 0 unspecified atom stereocenters. The first kappa shape index (κ1) is 12.8. The fraction of sp³-hybridized carbons (Fsp3) is 0.400. The molecule has 0 radical (unpaired) electrons. The lowest BCUT2D eigenvalue weighted by molar-refractivity contribution is 0.423. The molecular weight excluding hydrogens is 224 g/mol. The zero-order chi connectivity index (χ0) is 13.1. The van der Waals surface area contributed by atoms with Crippen LogP contribution < -0.4 is 5.73 Å². The van der Waals surface area contributed by atoms with Crippen LogP contribution in [-0.2, 0) is 6.42 Å². The molecule has 18 heavy (non-hydrogen) atoms. The van der Waals surface area contributed by atoms with Gasteiger partial charge in [-0.3, -0.25) is 0 Å². The quantitative estimate of drug-likeness (QED) is 0.898. The lowest BCUT2D eigenvalue weighted by Crippen LogP contribution is -2.02. The highest BCUT2D eigenvalue weighted by Gasteiger charge is 2.11. The topological polar surface area (TPSA) is 52.0 Å². The van der Waals surface area contributed by atoms with Crippen LogP contribution in [0, 0.1) is 6.92 Å². The van der Waals surface area contributed by atoms with Gasteiger partial charge in [0, 0.05) is 18.1 Å². The standard InChI is InChI=1S/C15H20N2O/c1-10(2)12-5-4-11(3)14(8-12)15-9-13(6-7-16)17-18-15/h4-5,8-10H,6-7,16H2,1-3H3. The number of aryl methyl sites for hydroxylation is 1. The molecule has 0 saturated carbocycles. The van der Waals surface area contributed by atoms with E-state index in [9.17, 15) is 0 Å². The minimum absolute atomic E-state index is 0.510. The van der Waals surface area contributed by atoms with Crippen LogP contribution in [0.2, 0.25) is 0 Å². The molecular formula is C15H20N2O. The molecule has 0 bridgehead atoms. The van der Waals surface area contributed by atoms with Crippen molar-refractivity contribution in [3.8, 4) is 11.3 Å². The zero-order valence-corrected chi connectivity index (χ0v) is 11.2. The second kappa shape index (κ2) is 5.36. The van der Waals surface area contributed by atoms with E-state index >= 15 is 0 Å². The third-order valence-electron chi connectivity index (χ3n) is 3.15. The van der Waals surface area contributed by atoms with Gasteiger partial charge >= 0.3 is 0 Å². The molecule has 1 heterocycles. The predicted octanol–water partition coefficient (Wildman–Crippen LogP) is 3.27. The highest BCUT2D eigenvalue weighted by molar-refractivity contribution is 5.63. The van der Waals surface area contributed by atoms with E-state index in [4.69, 9.17) is 10.3 Å². The summed E-state index contributed by atoms with van der Waals surface area (Å²) < 4.78 is 5.41. The Bertz CT molecular complexity index is 529. The molecule has 0 aliphatic carbocycles. The molecule has 3 heteroatoms. The molecule has 0 amide bonds. The summed E-state index contributed by atoms with van der Waals surface area (Å²) in [7, 11) is 0. The van der Waals surface area contributed by atoms with Crippen molar-refractivity contribution in [3.05, 3.63) is 41.1 Å². The number of hydrogen-bond donors (Lipinski definition) is 1. The van der Waals surface area contributed by atoms with E-state index in [1.54, 1.807) is 0 Å². The van der Waals surface area contributed by atoms with Crippen molar-refractivity contribution >= 4 is 0 Å². The normalized spacial score (nSPS) is 11.2. The van der Waals surface area contributed by atoms with E-state index in [0.717, 1.165) is 23.4 Å². The van der Waals surface area contributed by atoms with Crippen LogP contribution in [0.4, 0.5) is 0 Å². The van der Waals surface area contributed by atoms with E-state index in [2.05, 4.69) is 44.1 Å².